The lowest BCUT2D eigenvalue weighted by atomic mass is 9.75. The Bertz CT molecular complexity index is 869. The van der Waals surface area contributed by atoms with Crippen LogP contribution in [0.15, 0.2) is 36.4 Å². The van der Waals surface area contributed by atoms with Gasteiger partial charge in [-0.15, -0.1) is 0 Å². The van der Waals surface area contributed by atoms with E-state index in [9.17, 15) is 9.59 Å². The maximum absolute atomic E-state index is 12.6. The molecule has 2 saturated carbocycles. The van der Waals surface area contributed by atoms with Crippen LogP contribution >= 0.6 is 0 Å². The van der Waals surface area contributed by atoms with E-state index in [-0.39, 0.29) is 17.8 Å². The number of ether oxygens (including phenoxy) is 1. The summed E-state index contributed by atoms with van der Waals surface area (Å²) >= 11 is 0. The second kappa shape index (κ2) is 8.99. The molecule has 1 amide bonds. The number of rotatable bonds is 6. The van der Waals surface area contributed by atoms with E-state index >= 15 is 0 Å². The number of allylic oxidation sites excluding steroid dienone is 1. The summed E-state index contributed by atoms with van der Waals surface area (Å²) in [6.45, 7) is 9.15. The molecule has 2 aliphatic heterocycles. The summed E-state index contributed by atoms with van der Waals surface area (Å²) in [6, 6.07) is 8.71. The van der Waals surface area contributed by atoms with Crippen molar-refractivity contribution in [1.29, 1.82) is 0 Å². The summed E-state index contributed by atoms with van der Waals surface area (Å²) in [5, 5.41) is 3.04. The highest BCUT2D eigenvalue weighted by molar-refractivity contribution is 5.92. The quantitative estimate of drug-likeness (QED) is 0.547. The average Bonchev–Trinajstić information content (AvgIpc) is 3.48. The van der Waals surface area contributed by atoms with E-state index in [1.807, 2.05) is 24.3 Å². The Labute approximate surface area is 191 Å². The maximum Gasteiger partial charge on any atom is 0.313 e. The van der Waals surface area contributed by atoms with Gasteiger partial charge in [0.1, 0.15) is 0 Å². The van der Waals surface area contributed by atoms with Crippen LogP contribution in [0.1, 0.15) is 44.1 Å². The van der Waals surface area contributed by atoms with Crippen molar-refractivity contribution in [1.82, 2.24) is 9.80 Å². The van der Waals surface area contributed by atoms with Gasteiger partial charge in [-0.3, -0.25) is 19.4 Å². The number of anilines is 1. The Balaban J connectivity index is 1.11. The number of carbonyl (C=O) groups excluding carboxylic acids is 2. The summed E-state index contributed by atoms with van der Waals surface area (Å²) in [7, 11) is 0. The van der Waals surface area contributed by atoms with Crippen molar-refractivity contribution in [2.24, 2.45) is 11.3 Å². The van der Waals surface area contributed by atoms with Gasteiger partial charge in [-0.2, -0.15) is 0 Å². The highest BCUT2D eigenvalue weighted by atomic mass is 16.5. The molecule has 0 spiro atoms. The third-order valence-electron chi connectivity index (χ3n) is 8.08. The zero-order valence-electron chi connectivity index (χ0n) is 19.0. The number of amides is 1. The van der Waals surface area contributed by atoms with Crippen LogP contribution in [0, 0.1) is 11.3 Å². The average molecular weight is 438 g/mol. The van der Waals surface area contributed by atoms with Gasteiger partial charge in [0.25, 0.3) is 0 Å². The van der Waals surface area contributed by atoms with Gasteiger partial charge < -0.3 is 10.1 Å². The van der Waals surface area contributed by atoms with Crippen molar-refractivity contribution in [2.45, 2.75) is 51.0 Å². The lowest BCUT2D eigenvalue weighted by molar-refractivity contribution is -0.146. The van der Waals surface area contributed by atoms with Crippen LogP contribution in [0.3, 0.4) is 0 Å². The van der Waals surface area contributed by atoms with E-state index in [0.717, 1.165) is 61.9 Å². The first-order valence-corrected chi connectivity index (χ1v) is 12.2. The van der Waals surface area contributed by atoms with Gasteiger partial charge in [0.05, 0.1) is 18.6 Å². The molecule has 5 rings (SSSR count). The lowest BCUT2D eigenvalue weighted by Crippen LogP contribution is -2.51. The molecule has 0 aromatic heterocycles. The van der Waals surface area contributed by atoms with Crippen LogP contribution in [-0.4, -0.2) is 67.0 Å². The fourth-order valence-electron chi connectivity index (χ4n) is 6.29. The molecular formula is C26H35N3O3. The highest BCUT2D eigenvalue weighted by Crippen LogP contribution is 2.52. The molecule has 2 aliphatic carbocycles. The number of esters is 1. The molecule has 1 aromatic carbocycles. The summed E-state index contributed by atoms with van der Waals surface area (Å²) in [6.07, 6.45) is 7.70. The first kappa shape index (κ1) is 21.7. The van der Waals surface area contributed by atoms with E-state index < -0.39 is 5.41 Å². The molecule has 0 radical (unpaired) electrons. The lowest BCUT2D eigenvalue weighted by Gasteiger charge is -2.37. The molecular weight excluding hydrogens is 402 g/mol. The summed E-state index contributed by atoms with van der Waals surface area (Å²) in [5.41, 5.74) is 2.62. The number of cyclic esters (lactones) is 1. The van der Waals surface area contributed by atoms with Gasteiger partial charge in [0.15, 0.2) is 0 Å². The van der Waals surface area contributed by atoms with Gasteiger partial charge in [-0.05, 0) is 49.8 Å². The van der Waals surface area contributed by atoms with E-state index in [4.69, 9.17) is 4.74 Å². The Morgan fingerprint density at radius 2 is 1.84 bits per heavy atom. The van der Waals surface area contributed by atoms with Crippen molar-refractivity contribution >= 4 is 17.6 Å². The van der Waals surface area contributed by atoms with Crippen LogP contribution in [-0.2, 0) is 20.7 Å². The summed E-state index contributed by atoms with van der Waals surface area (Å²) in [4.78, 5) is 29.9. The number of fused-ring (bicyclic) bond motifs is 1. The molecule has 32 heavy (non-hydrogen) atoms. The third-order valence-corrected chi connectivity index (χ3v) is 8.08. The monoisotopic (exact) mass is 437 g/mol. The second-order valence-electron chi connectivity index (χ2n) is 10.3. The Morgan fingerprint density at radius 1 is 1.12 bits per heavy atom. The van der Waals surface area contributed by atoms with Gasteiger partial charge in [-0.1, -0.05) is 37.1 Å². The van der Waals surface area contributed by atoms with Gasteiger partial charge in [-0.25, -0.2) is 0 Å². The molecule has 4 fully saturated rings. The van der Waals surface area contributed by atoms with E-state index in [0.29, 0.717) is 19.6 Å². The van der Waals surface area contributed by atoms with Crippen LogP contribution in [0.5, 0.6) is 0 Å². The predicted molar refractivity (Wildman–Crippen MR) is 124 cm³/mol. The number of nitrogens with zero attached hydrogens (tertiary/aromatic N) is 2. The molecule has 6 nitrogen and oxygen atoms in total. The molecule has 0 bridgehead atoms. The Kier molecular flexibility index (Phi) is 6.08. The first-order chi connectivity index (χ1) is 15.5. The molecule has 1 aromatic rings. The third kappa shape index (κ3) is 4.35. The smallest absolute Gasteiger partial charge is 0.313 e. The minimum absolute atomic E-state index is 0.0391. The molecule has 6 heteroatoms. The minimum atomic E-state index is -0.442. The van der Waals surface area contributed by atoms with Gasteiger partial charge in [0, 0.05) is 43.8 Å². The topological polar surface area (TPSA) is 61.9 Å². The standard InChI is InChI=1S/C26H35N3O3/c1-19-14-21-18-32-25(31)26(21,15-19)16-20-6-8-22(9-7-20)27-24(30)17-28-10-12-29(13-11-28)23-4-2-3-5-23/h6-9,21,23H,1-5,10-18H2,(H,27,30). The zero-order valence-corrected chi connectivity index (χ0v) is 19.0. The van der Waals surface area contributed by atoms with Crippen molar-refractivity contribution in [3.05, 3.63) is 42.0 Å². The molecule has 2 unspecified atom stereocenters. The van der Waals surface area contributed by atoms with Crippen molar-refractivity contribution in [2.75, 3.05) is 44.6 Å². The van der Waals surface area contributed by atoms with E-state index in [1.54, 1.807) is 0 Å². The van der Waals surface area contributed by atoms with Crippen LogP contribution in [0.2, 0.25) is 0 Å². The van der Waals surface area contributed by atoms with Crippen molar-refractivity contribution < 1.29 is 14.3 Å². The van der Waals surface area contributed by atoms with Gasteiger partial charge in [0.2, 0.25) is 5.91 Å². The number of carbonyl (C=O) groups is 2. The number of nitrogens with one attached hydrogen (secondary N) is 1. The van der Waals surface area contributed by atoms with E-state index in [2.05, 4.69) is 21.7 Å². The second-order valence-corrected chi connectivity index (χ2v) is 10.3. The van der Waals surface area contributed by atoms with Crippen molar-refractivity contribution in [3.63, 3.8) is 0 Å². The SMILES string of the molecule is C=C1CC2COC(=O)C2(Cc2ccc(NC(=O)CN3CCN(C4CCCC4)CC3)cc2)C1. The fraction of sp³-hybridized carbons (Fsp3) is 0.615. The van der Waals surface area contributed by atoms with Crippen molar-refractivity contribution in [3.8, 4) is 0 Å². The normalized spacial score (nSPS) is 29.3. The number of piperazine rings is 1. The number of hydrogen-bond acceptors (Lipinski definition) is 5. The number of hydrogen-bond donors (Lipinski definition) is 1. The van der Waals surface area contributed by atoms with Crippen LogP contribution in [0.25, 0.3) is 0 Å². The Morgan fingerprint density at radius 3 is 2.56 bits per heavy atom. The fourth-order valence-corrected chi connectivity index (χ4v) is 6.29. The van der Waals surface area contributed by atoms with E-state index in [1.165, 1.54) is 25.7 Å². The zero-order chi connectivity index (χ0) is 22.1. The molecule has 4 aliphatic rings. The maximum atomic E-state index is 12.6. The highest BCUT2D eigenvalue weighted by Gasteiger charge is 2.55. The number of benzene rings is 1. The first-order valence-electron chi connectivity index (χ1n) is 12.2. The van der Waals surface area contributed by atoms with Crippen LogP contribution in [0.4, 0.5) is 5.69 Å². The van der Waals surface area contributed by atoms with Crippen LogP contribution < -0.4 is 5.32 Å². The largest absolute Gasteiger partial charge is 0.465 e. The summed E-state index contributed by atoms with van der Waals surface area (Å²) < 4.78 is 5.38. The molecule has 2 atom stereocenters. The molecule has 172 valence electrons. The minimum Gasteiger partial charge on any atom is -0.465 e. The molecule has 2 saturated heterocycles. The summed E-state index contributed by atoms with van der Waals surface area (Å²) in [5.74, 6) is 0.208. The molecule has 2 heterocycles. The Hall–Kier alpha value is -2.18. The van der Waals surface area contributed by atoms with Gasteiger partial charge >= 0.3 is 5.97 Å². The predicted octanol–water partition coefficient (Wildman–Crippen LogP) is 3.24. The molecule has 1 N–H and O–H groups in total.